The first-order valence-corrected chi connectivity index (χ1v) is 15.7. The van der Waals surface area contributed by atoms with Gasteiger partial charge in [-0.05, 0) is 43.2 Å². The Bertz CT molecular complexity index is 2170. The van der Waals surface area contributed by atoms with E-state index in [0.29, 0.717) is 28.6 Å². The second-order valence-corrected chi connectivity index (χ2v) is 12.5. The maximum Gasteiger partial charge on any atom is 0.279 e. The van der Waals surface area contributed by atoms with Crippen molar-refractivity contribution in [1.29, 1.82) is 0 Å². The van der Waals surface area contributed by atoms with Crippen molar-refractivity contribution in [1.82, 2.24) is 24.1 Å². The number of fused-ring (bicyclic) bond motifs is 1. The molecule has 4 heterocycles. The quantitative estimate of drug-likeness (QED) is 0.209. The molecule has 0 saturated heterocycles. The molecule has 49 heavy (non-hydrogen) atoms. The molecule has 2 atom stereocenters. The second kappa shape index (κ2) is 12.9. The van der Waals surface area contributed by atoms with Gasteiger partial charge in [-0.2, -0.15) is 4.98 Å². The van der Waals surface area contributed by atoms with Crippen molar-refractivity contribution < 1.29 is 23.8 Å². The number of carbonyl (C=O) groups excluding carboxylic acids is 2. The van der Waals surface area contributed by atoms with E-state index in [1.807, 2.05) is 13.8 Å². The number of carbonyl (C=O) groups is 2. The van der Waals surface area contributed by atoms with E-state index in [4.69, 9.17) is 21.3 Å². The van der Waals surface area contributed by atoms with Crippen molar-refractivity contribution in [2.75, 3.05) is 31.0 Å². The average Bonchev–Trinajstić information content (AvgIpc) is 3.60. The normalized spacial score (nSPS) is 14.7. The van der Waals surface area contributed by atoms with Crippen LogP contribution in [0.15, 0.2) is 71.8 Å². The fraction of sp³-hybridized carbons (Fsp3) is 0.257. The maximum absolute atomic E-state index is 16.0. The van der Waals surface area contributed by atoms with Gasteiger partial charge in [0, 0.05) is 39.6 Å². The third-order valence-corrected chi connectivity index (χ3v) is 8.51. The van der Waals surface area contributed by atoms with E-state index >= 15 is 4.39 Å². The van der Waals surface area contributed by atoms with Crippen LogP contribution in [-0.2, 0) is 7.05 Å². The topological polar surface area (TPSA) is 136 Å². The highest BCUT2D eigenvalue weighted by Crippen LogP contribution is 2.45. The number of aryl methyl sites for hydroxylation is 1. The lowest BCUT2D eigenvalue weighted by Gasteiger charge is -2.28. The third kappa shape index (κ3) is 5.74. The van der Waals surface area contributed by atoms with Crippen LogP contribution >= 0.6 is 11.6 Å². The molecule has 0 saturated carbocycles. The summed E-state index contributed by atoms with van der Waals surface area (Å²) in [6.07, 6.45) is 1.38. The van der Waals surface area contributed by atoms with Crippen molar-refractivity contribution in [3.8, 4) is 17.3 Å². The molecule has 14 heteroatoms. The smallest absolute Gasteiger partial charge is 0.279 e. The van der Waals surface area contributed by atoms with Gasteiger partial charge in [-0.15, -0.1) is 0 Å². The molecule has 0 spiro atoms. The van der Waals surface area contributed by atoms with E-state index in [1.165, 1.54) is 48.0 Å². The number of nitrogens with zero attached hydrogens (tertiary/aromatic N) is 7. The molecule has 0 radical (unpaired) electrons. The Balaban J connectivity index is 1.56. The highest BCUT2D eigenvalue weighted by atomic mass is 35.5. The summed E-state index contributed by atoms with van der Waals surface area (Å²) in [6, 6.07) is 12.1. The SMILES string of the molecule is COc1nc(N(C)C)ncc1-c1nc2c(n1C(C)C)[C@H](c1ccc(C(=O)C(O)c3ccccc3)c(F)c1)N(c1cc(Cl)cn(C)c1=O)C2=O. The van der Waals surface area contributed by atoms with Crippen LogP contribution in [0.1, 0.15) is 69.7 Å². The molecular weight excluding hydrogens is 653 g/mol. The van der Waals surface area contributed by atoms with Gasteiger partial charge in [0.25, 0.3) is 11.5 Å². The van der Waals surface area contributed by atoms with E-state index in [-0.39, 0.29) is 39.5 Å². The molecule has 6 rings (SSSR count). The minimum absolute atomic E-state index is 0.0227. The average molecular weight is 686 g/mol. The number of imidazole rings is 1. The van der Waals surface area contributed by atoms with Crippen LogP contribution in [0.25, 0.3) is 11.4 Å². The number of Topliss-reactive ketones (excluding diaryl/α,β-unsaturated/α-hetero) is 1. The number of ether oxygens (including phenoxy) is 1. The Morgan fingerprint density at radius 1 is 1.08 bits per heavy atom. The van der Waals surface area contributed by atoms with Gasteiger partial charge in [-0.25, -0.2) is 14.4 Å². The minimum Gasteiger partial charge on any atom is -0.480 e. The van der Waals surface area contributed by atoms with Crippen LogP contribution in [-0.4, -0.2) is 62.1 Å². The summed E-state index contributed by atoms with van der Waals surface area (Å²) in [5, 5.41) is 10.9. The molecule has 5 aromatic rings. The van der Waals surface area contributed by atoms with Gasteiger partial charge in [0.05, 0.1) is 29.0 Å². The molecular formula is C35H33ClFN7O5. The fourth-order valence-electron chi connectivity index (χ4n) is 6.03. The van der Waals surface area contributed by atoms with Gasteiger partial charge in [0.2, 0.25) is 11.8 Å². The summed E-state index contributed by atoms with van der Waals surface area (Å²) in [5.74, 6) is -1.42. The number of methoxy groups -OCH3 is 1. The monoisotopic (exact) mass is 685 g/mol. The highest BCUT2D eigenvalue weighted by molar-refractivity contribution is 6.30. The van der Waals surface area contributed by atoms with Crippen LogP contribution in [0, 0.1) is 5.82 Å². The zero-order valence-corrected chi connectivity index (χ0v) is 28.3. The number of pyridine rings is 1. The lowest BCUT2D eigenvalue weighted by atomic mass is 9.96. The van der Waals surface area contributed by atoms with Crippen LogP contribution in [0.3, 0.4) is 0 Å². The van der Waals surface area contributed by atoms with Gasteiger partial charge in [0.1, 0.15) is 29.5 Å². The molecule has 0 fully saturated rings. The number of benzene rings is 2. The number of ketones is 1. The number of aliphatic hydroxyl groups excluding tert-OH is 1. The number of rotatable bonds is 9. The third-order valence-electron chi connectivity index (χ3n) is 8.31. The summed E-state index contributed by atoms with van der Waals surface area (Å²) in [7, 11) is 6.55. The number of aromatic nitrogens is 5. The highest BCUT2D eigenvalue weighted by Gasteiger charge is 2.46. The summed E-state index contributed by atoms with van der Waals surface area (Å²) in [4.78, 5) is 57.8. The fourth-order valence-corrected chi connectivity index (χ4v) is 6.28. The van der Waals surface area contributed by atoms with Crippen LogP contribution < -0.4 is 20.1 Å². The molecule has 1 N–H and O–H groups in total. The van der Waals surface area contributed by atoms with Gasteiger partial charge in [0.15, 0.2) is 11.5 Å². The number of amides is 1. The zero-order valence-electron chi connectivity index (χ0n) is 27.5. The first-order chi connectivity index (χ1) is 23.3. The Morgan fingerprint density at radius 2 is 1.80 bits per heavy atom. The summed E-state index contributed by atoms with van der Waals surface area (Å²) >= 11 is 6.37. The van der Waals surface area contributed by atoms with Gasteiger partial charge in [-0.3, -0.25) is 19.3 Å². The largest absolute Gasteiger partial charge is 0.480 e. The Labute approximate surface area is 286 Å². The summed E-state index contributed by atoms with van der Waals surface area (Å²) < 4.78 is 24.7. The second-order valence-electron chi connectivity index (χ2n) is 12.1. The zero-order chi connectivity index (χ0) is 35.3. The molecule has 1 unspecified atom stereocenters. The standard InChI is InChI=1S/C35H33ClFN7O5/c1-18(2)43-28-26(39-31(43)23-16-38-35(41(3)4)40-32(23)49-6)34(48)44(25-15-21(36)17-42(5)33(25)47)27(28)20-12-13-22(24(37)14-20)30(46)29(45)19-10-8-7-9-11-19/h7-18,27,29,45H,1-6H3/t27-,29?/m0/s1. The Morgan fingerprint density at radius 3 is 2.43 bits per heavy atom. The molecule has 2 aromatic carbocycles. The Hall–Kier alpha value is -5.40. The van der Waals surface area contributed by atoms with Gasteiger partial charge in [-0.1, -0.05) is 48.0 Å². The maximum atomic E-state index is 16.0. The van der Waals surface area contributed by atoms with Crippen molar-refractivity contribution in [2.45, 2.75) is 32.0 Å². The summed E-state index contributed by atoms with van der Waals surface area (Å²) in [6.45, 7) is 3.78. The summed E-state index contributed by atoms with van der Waals surface area (Å²) in [5.41, 5.74) is 0.472. The minimum atomic E-state index is -1.59. The van der Waals surface area contributed by atoms with Gasteiger partial charge >= 0.3 is 0 Å². The predicted molar refractivity (Wildman–Crippen MR) is 182 cm³/mol. The first-order valence-electron chi connectivity index (χ1n) is 15.3. The number of hydrogen-bond donors (Lipinski definition) is 1. The Kier molecular flexibility index (Phi) is 8.82. The van der Waals surface area contributed by atoms with Gasteiger partial charge < -0.3 is 23.9 Å². The van der Waals surface area contributed by atoms with Crippen molar-refractivity contribution in [3.63, 3.8) is 0 Å². The van der Waals surface area contributed by atoms with Crippen molar-refractivity contribution >= 4 is 34.9 Å². The molecule has 252 valence electrons. The van der Waals surface area contributed by atoms with E-state index < -0.39 is 35.2 Å². The van der Waals surface area contributed by atoms with Crippen LogP contribution in [0.5, 0.6) is 5.88 Å². The molecule has 3 aromatic heterocycles. The van der Waals surface area contributed by atoms with Crippen molar-refractivity contribution in [3.05, 3.63) is 116 Å². The van der Waals surface area contributed by atoms with Crippen LogP contribution in [0.4, 0.5) is 16.0 Å². The van der Waals surface area contributed by atoms with E-state index in [2.05, 4.69) is 9.97 Å². The molecule has 1 aliphatic heterocycles. The molecule has 12 nitrogen and oxygen atoms in total. The molecule has 0 bridgehead atoms. The lowest BCUT2D eigenvalue weighted by molar-refractivity contribution is 0.0743. The van der Waals surface area contributed by atoms with Crippen molar-refractivity contribution in [2.24, 2.45) is 7.05 Å². The predicted octanol–water partition coefficient (Wildman–Crippen LogP) is 5.15. The number of anilines is 2. The number of hydrogen-bond acceptors (Lipinski definition) is 9. The molecule has 1 aliphatic rings. The van der Waals surface area contributed by atoms with E-state index in [0.717, 1.165) is 6.07 Å². The number of aliphatic hydroxyl groups is 1. The van der Waals surface area contributed by atoms with E-state index in [1.54, 1.807) is 60.1 Å². The molecule has 0 aliphatic carbocycles. The van der Waals surface area contributed by atoms with E-state index in [9.17, 15) is 19.5 Å². The first kappa shape index (κ1) is 33.5. The number of halogens is 2. The lowest BCUT2D eigenvalue weighted by Crippen LogP contribution is -2.36. The molecule has 1 amide bonds. The van der Waals surface area contributed by atoms with Crippen LogP contribution in [0.2, 0.25) is 5.02 Å².